The maximum Gasteiger partial charge on any atom is 0.414 e. The fourth-order valence-corrected chi connectivity index (χ4v) is 1.84. The highest BCUT2D eigenvalue weighted by molar-refractivity contribution is 6.27. The average Bonchev–Trinajstić information content (AvgIpc) is 2.55. The smallest absolute Gasteiger partial charge is 0.414 e. The SMILES string of the molecule is C=CCN(CC=C)CCOc1ccc([N+](=O)[O-])c(C)c1.O=C(O)C(=O)O. The molecule has 26 heavy (non-hydrogen) atoms. The summed E-state index contributed by atoms with van der Waals surface area (Å²) in [5.74, 6) is -3.00. The quantitative estimate of drug-likeness (QED) is 0.294. The Bertz CT molecular complexity index is 637. The monoisotopic (exact) mass is 366 g/mol. The van der Waals surface area contributed by atoms with Crippen molar-refractivity contribution in [1.29, 1.82) is 0 Å². The van der Waals surface area contributed by atoms with Crippen molar-refractivity contribution < 1.29 is 29.5 Å². The summed E-state index contributed by atoms with van der Waals surface area (Å²) in [7, 11) is 0. The Labute approximate surface area is 151 Å². The number of ether oxygens (including phenoxy) is 1. The lowest BCUT2D eigenvalue weighted by Gasteiger charge is -2.18. The van der Waals surface area contributed by atoms with E-state index in [0.717, 1.165) is 19.6 Å². The third kappa shape index (κ3) is 9.18. The Balaban J connectivity index is 0.000000896. The van der Waals surface area contributed by atoms with Gasteiger partial charge in [-0.05, 0) is 19.1 Å². The lowest BCUT2D eigenvalue weighted by molar-refractivity contribution is -0.385. The van der Waals surface area contributed by atoms with Crippen molar-refractivity contribution in [1.82, 2.24) is 4.90 Å². The summed E-state index contributed by atoms with van der Waals surface area (Å²) in [5, 5.41) is 25.5. The van der Waals surface area contributed by atoms with E-state index in [9.17, 15) is 10.1 Å². The van der Waals surface area contributed by atoms with Crippen LogP contribution in [0.2, 0.25) is 0 Å². The fourth-order valence-electron chi connectivity index (χ4n) is 1.84. The van der Waals surface area contributed by atoms with Gasteiger partial charge in [0.05, 0.1) is 4.92 Å². The molecule has 0 bridgehead atoms. The van der Waals surface area contributed by atoms with Gasteiger partial charge in [0.15, 0.2) is 0 Å². The number of nitro groups is 1. The zero-order valence-electron chi connectivity index (χ0n) is 14.5. The van der Waals surface area contributed by atoms with Crippen LogP contribution in [-0.2, 0) is 9.59 Å². The molecular weight excluding hydrogens is 344 g/mol. The van der Waals surface area contributed by atoms with Gasteiger partial charge in [-0.25, -0.2) is 9.59 Å². The van der Waals surface area contributed by atoms with Crippen LogP contribution >= 0.6 is 0 Å². The van der Waals surface area contributed by atoms with Crippen LogP contribution in [0.25, 0.3) is 0 Å². The van der Waals surface area contributed by atoms with Crippen molar-refractivity contribution in [2.24, 2.45) is 0 Å². The van der Waals surface area contributed by atoms with E-state index in [-0.39, 0.29) is 5.69 Å². The maximum absolute atomic E-state index is 10.7. The second kappa shape index (κ2) is 12.2. The van der Waals surface area contributed by atoms with Crippen LogP contribution in [0.15, 0.2) is 43.5 Å². The molecular formula is C17H22N2O7. The molecule has 1 aromatic rings. The van der Waals surface area contributed by atoms with Gasteiger partial charge in [0.25, 0.3) is 5.69 Å². The third-order valence-corrected chi connectivity index (χ3v) is 3.00. The lowest BCUT2D eigenvalue weighted by Crippen LogP contribution is -2.28. The largest absolute Gasteiger partial charge is 0.492 e. The van der Waals surface area contributed by atoms with Gasteiger partial charge < -0.3 is 14.9 Å². The molecule has 0 aliphatic heterocycles. The molecule has 0 fully saturated rings. The minimum atomic E-state index is -1.82. The minimum Gasteiger partial charge on any atom is -0.492 e. The van der Waals surface area contributed by atoms with E-state index < -0.39 is 16.9 Å². The Morgan fingerprint density at radius 2 is 1.77 bits per heavy atom. The molecule has 2 N–H and O–H groups in total. The maximum atomic E-state index is 10.7. The number of hydrogen-bond donors (Lipinski definition) is 2. The standard InChI is InChI=1S/C15H20N2O3.C2H2O4/c1-4-8-16(9-5-2)10-11-20-14-6-7-15(17(18)19)13(3)12-14;3-1(4)2(5)6/h4-7,12H,1-2,8-11H2,3H3;(H,3,4)(H,5,6). The van der Waals surface area contributed by atoms with Crippen molar-refractivity contribution in [2.45, 2.75) is 6.92 Å². The first kappa shape index (κ1) is 22.8. The summed E-state index contributed by atoms with van der Waals surface area (Å²) >= 11 is 0. The van der Waals surface area contributed by atoms with E-state index in [0.29, 0.717) is 17.9 Å². The molecule has 0 atom stereocenters. The Morgan fingerprint density at radius 3 is 2.15 bits per heavy atom. The number of aliphatic carboxylic acids is 2. The predicted molar refractivity (Wildman–Crippen MR) is 95.4 cm³/mol. The van der Waals surface area contributed by atoms with Crippen LogP contribution in [-0.4, -0.2) is 58.2 Å². The van der Waals surface area contributed by atoms with Gasteiger partial charge in [-0.15, -0.1) is 13.2 Å². The van der Waals surface area contributed by atoms with E-state index in [1.54, 1.807) is 19.1 Å². The van der Waals surface area contributed by atoms with Crippen LogP contribution in [0.5, 0.6) is 5.75 Å². The van der Waals surface area contributed by atoms with Crippen molar-refractivity contribution in [3.05, 3.63) is 59.2 Å². The molecule has 0 heterocycles. The highest BCUT2D eigenvalue weighted by Gasteiger charge is 2.10. The van der Waals surface area contributed by atoms with Gasteiger partial charge in [-0.1, -0.05) is 12.2 Å². The normalized spacial score (nSPS) is 9.62. The molecule has 1 aromatic carbocycles. The molecule has 0 aromatic heterocycles. The van der Waals surface area contributed by atoms with E-state index in [2.05, 4.69) is 18.1 Å². The summed E-state index contributed by atoms with van der Waals surface area (Å²) in [6, 6.07) is 4.77. The zero-order chi connectivity index (χ0) is 20.1. The topological polar surface area (TPSA) is 130 Å². The molecule has 1 rings (SSSR count). The molecule has 142 valence electrons. The summed E-state index contributed by atoms with van der Waals surface area (Å²) < 4.78 is 5.61. The number of nitrogens with zero attached hydrogens (tertiary/aromatic N) is 2. The number of aryl methyl sites for hydroxylation is 1. The molecule has 0 aliphatic carbocycles. The number of rotatable bonds is 9. The van der Waals surface area contributed by atoms with E-state index in [1.165, 1.54) is 6.07 Å². The summed E-state index contributed by atoms with van der Waals surface area (Å²) in [5.41, 5.74) is 0.707. The predicted octanol–water partition coefficient (Wildman–Crippen LogP) is 2.11. The first-order valence-corrected chi connectivity index (χ1v) is 7.51. The fraction of sp³-hybridized carbons (Fsp3) is 0.294. The minimum absolute atomic E-state index is 0.109. The molecule has 0 saturated carbocycles. The first-order valence-electron chi connectivity index (χ1n) is 7.51. The first-order chi connectivity index (χ1) is 12.2. The van der Waals surface area contributed by atoms with Crippen LogP contribution in [0.4, 0.5) is 5.69 Å². The second-order valence-corrected chi connectivity index (χ2v) is 5.00. The van der Waals surface area contributed by atoms with Gasteiger partial charge in [0, 0.05) is 31.3 Å². The molecule has 9 nitrogen and oxygen atoms in total. The third-order valence-electron chi connectivity index (χ3n) is 3.00. The molecule has 0 saturated heterocycles. The summed E-state index contributed by atoms with van der Waals surface area (Å²) in [6.45, 7) is 11.9. The van der Waals surface area contributed by atoms with Gasteiger partial charge in [-0.2, -0.15) is 0 Å². The number of carboxylic acid groups (broad SMARTS) is 2. The van der Waals surface area contributed by atoms with E-state index in [1.807, 2.05) is 12.2 Å². The van der Waals surface area contributed by atoms with Crippen LogP contribution in [0.3, 0.4) is 0 Å². The van der Waals surface area contributed by atoms with Crippen molar-refractivity contribution in [3.63, 3.8) is 0 Å². The van der Waals surface area contributed by atoms with Gasteiger partial charge in [-0.3, -0.25) is 15.0 Å². The molecule has 0 radical (unpaired) electrons. The molecule has 0 unspecified atom stereocenters. The molecule has 0 amide bonds. The number of carboxylic acids is 2. The summed E-state index contributed by atoms with van der Waals surface area (Å²) in [6.07, 6.45) is 3.67. The number of carbonyl (C=O) groups is 2. The van der Waals surface area contributed by atoms with E-state index in [4.69, 9.17) is 24.5 Å². The number of hydrogen-bond acceptors (Lipinski definition) is 6. The lowest BCUT2D eigenvalue weighted by atomic mass is 10.2. The molecule has 0 spiro atoms. The van der Waals surface area contributed by atoms with Crippen LogP contribution in [0, 0.1) is 17.0 Å². The Morgan fingerprint density at radius 1 is 1.23 bits per heavy atom. The average molecular weight is 366 g/mol. The van der Waals surface area contributed by atoms with Crippen LogP contribution < -0.4 is 4.74 Å². The van der Waals surface area contributed by atoms with E-state index >= 15 is 0 Å². The highest BCUT2D eigenvalue weighted by atomic mass is 16.6. The molecule has 9 heteroatoms. The van der Waals surface area contributed by atoms with Gasteiger partial charge >= 0.3 is 11.9 Å². The second-order valence-electron chi connectivity index (χ2n) is 5.00. The highest BCUT2D eigenvalue weighted by Crippen LogP contribution is 2.22. The Kier molecular flexibility index (Phi) is 10.7. The van der Waals surface area contributed by atoms with Crippen LogP contribution in [0.1, 0.15) is 5.56 Å². The van der Waals surface area contributed by atoms with Crippen molar-refractivity contribution in [3.8, 4) is 5.75 Å². The number of nitro benzene ring substituents is 1. The summed E-state index contributed by atoms with van der Waals surface area (Å²) in [4.78, 5) is 30.7. The van der Waals surface area contributed by atoms with Crippen molar-refractivity contribution in [2.75, 3.05) is 26.2 Å². The van der Waals surface area contributed by atoms with Gasteiger partial charge in [0.2, 0.25) is 0 Å². The van der Waals surface area contributed by atoms with Crippen molar-refractivity contribution >= 4 is 17.6 Å². The Hall–Kier alpha value is -3.20. The zero-order valence-corrected chi connectivity index (χ0v) is 14.5. The molecule has 0 aliphatic rings. The number of benzene rings is 1. The van der Waals surface area contributed by atoms with Gasteiger partial charge in [0.1, 0.15) is 12.4 Å².